The number of nitrogens with zero attached hydrogens (tertiary/aromatic N) is 1. The van der Waals surface area contributed by atoms with Gasteiger partial charge in [0.05, 0.1) is 17.1 Å². The summed E-state index contributed by atoms with van der Waals surface area (Å²) >= 11 is 0. The Morgan fingerprint density at radius 1 is 1.45 bits per heavy atom. The molecular formula is C15H22N2O3. The van der Waals surface area contributed by atoms with E-state index in [1.54, 1.807) is 24.3 Å². The predicted molar refractivity (Wildman–Crippen MR) is 80.5 cm³/mol. The van der Waals surface area contributed by atoms with Crippen molar-refractivity contribution in [1.82, 2.24) is 5.32 Å². The largest absolute Gasteiger partial charge is 0.394 e. The van der Waals surface area contributed by atoms with E-state index in [2.05, 4.69) is 12.2 Å². The topological polar surface area (TPSA) is 75.4 Å². The number of nitro groups is 1. The van der Waals surface area contributed by atoms with E-state index in [4.69, 9.17) is 0 Å². The van der Waals surface area contributed by atoms with E-state index >= 15 is 0 Å². The van der Waals surface area contributed by atoms with Crippen LogP contribution in [0.2, 0.25) is 0 Å². The molecule has 0 aliphatic heterocycles. The van der Waals surface area contributed by atoms with Gasteiger partial charge < -0.3 is 10.4 Å². The highest BCUT2D eigenvalue weighted by atomic mass is 16.6. The predicted octanol–water partition coefficient (Wildman–Crippen LogP) is 2.75. The third kappa shape index (κ3) is 4.75. The minimum Gasteiger partial charge on any atom is -0.394 e. The van der Waals surface area contributed by atoms with Crippen LogP contribution in [0.5, 0.6) is 0 Å². The van der Waals surface area contributed by atoms with Crippen LogP contribution in [0.25, 0.3) is 6.08 Å². The zero-order chi connectivity index (χ0) is 15.0. The minimum absolute atomic E-state index is 0.0696. The molecule has 0 aliphatic carbocycles. The second kappa shape index (κ2) is 7.77. The third-order valence-electron chi connectivity index (χ3n) is 3.23. The number of nitrogens with one attached hydrogen (secondary N) is 1. The number of rotatable bonds is 8. The van der Waals surface area contributed by atoms with Gasteiger partial charge in [-0.2, -0.15) is 0 Å². The van der Waals surface area contributed by atoms with Crippen LogP contribution in [0, 0.1) is 10.1 Å². The van der Waals surface area contributed by atoms with E-state index in [9.17, 15) is 15.2 Å². The van der Waals surface area contributed by atoms with Gasteiger partial charge in [-0.05, 0) is 19.4 Å². The molecule has 1 unspecified atom stereocenters. The van der Waals surface area contributed by atoms with Crippen LogP contribution in [0.15, 0.2) is 30.3 Å². The molecule has 0 aromatic heterocycles. The summed E-state index contributed by atoms with van der Waals surface area (Å²) in [6.07, 6.45) is 5.43. The van der Waals surface area contributed by atoms with E-state index in [0.717, 1.165) is 12.8 Å². The smallest absolute Gasteiger partial charge is 0.276 e. The molecule has 0 saturated carbocycles. The van der Waals surface area contributed by atoms with Gasteiger partial charge in [-0.15, -0.1) is 0 Å². The van der Waals surface area contributed by atoms with Gasteiger partial charge >= 0.3 is 0 Å². The van der Waals surface area contributed by atoms with Crippen LogP contribution in [0.1, 0.15) is 32.3 Å². The lowest BCUT2D eigenvalue weighted by molar-refractivity contribution is -0.385. The Labute approximate surface area is 119 Å². The van der Waals surface area contributed by atoms with E-state index < -0.39 is 0 Å². The van der Waals surface area contributed by atoms with Crippen molar-refractivity contribution in [2.45, 2.75) is 32.2 Å². The highest BCUT2D eigenvalue weighted by Gasteiger charge is 2.20. The SMILES string of the molecule is CCCC(C)(CO)NC/C=C/c1ccccc1[N+](=O)[O-]. The molecule has 1 atom stereocenters. The van der Waals surface area contributed by atoms with Crippen LogP contribution in [-0.4, -0.2) is 28.7 Å². The minimum atomic E-state index is -0.387. The van der Waals surface area contributed by atoms with Gasteiger partial charge in [0.15, 0.2) is 0 Å². The van der Waals surface area contributed by atoms with E-state index in [1.807, 2.05) is 13.0 Å². The molecule has 0 fully saturated rings. The molecule has 0 heterocycles. The summed E-state index contributed by atoms with van der Waals surface area (Å²) in [5.41, 5.74) is 0.379. The molecular weight excluding hydrogens is 256 g/mol. The van der Waals surface area contributed by atoms with Gasteiger partial charge in [-0.25, -0.2) is 0 Å². The summed E-state index contributed by atoms with van der Waals surface area (Å²) in [4.78, 5) is 10.5. The summed E-state index contributed by atoms with van der Waals surface area (Å²) in [5.74, 6) is 0. The highest BCUT2D eigenvalue weighted by molar-refractivity contribution is 5.60. The number of hydrogen-bond donors (Lipinski definition) is 2. The first-order valence-corrected chi connectivity index (χ1v) is 6.78. The maximum absolute atomic E-state index is 10.9. The Kier molecular flexibility index (Phi) is 6.35. The van der Waals surface area contributed by atoms with Crippen molar-refractivity contribution in [3.8, 4) is 0 Å². The van der Waals surface area contributed by atoms with Gasteiger partial charge in [-0.1, -0.05) is 37.6 Å². The van der Waals surface area contributed by atoms with Gasteiger partial charge in [-0.3, -0.25) is 10.1 Å². The first-order chi connectivity index (χ1) is 9.52. The van der Waals surface area contributed by atoms with Crippen LogP contribution < -0.4 is 5.32 Å². The zero-order valence-corrected chi connectivity index (χ0v) is 12.0. The molecule has 0 saturated heterocycles. The van der Waals surface area contributed by atoms with Crippen LogP contribution in [0.4, 0.5) is 5.69 Å². The van der Waals surface area contributed by atoms with Gasteiger partial charge in [0, 0.05) is 18.2 Å². The van der Waals surface area contributed by atoms with Gasteiger partial charge in [0.25, 0.3) is 5.69 Å². The Hall–Kier alpha value is -1.72. The third-order valence-corrected chi connectivity index (χ3v) is 3.23. The van der Waals surface area contributed by atoms with Crippen molar-refractivity contribution in [3.63, 3.8) is 0 Å². The Morgan fingerprint density at radius 2 is 2.15 bits per heavy atom. The molecule has 1 rings (SSSR count). The Balaban J connectivity index is 2.64. The first kappa shape index (κ1) is 16.3. The molecule has 110 valence electrons. The van der Waals surface area contributed by atoms with Crippen molar-refractivity contribution in [3.05, 3.63) is 46.0 Å². The maximum atomic E-state index is 10.9. The molecule has 1 aromatic rings. The second-order valence-electron chi connectivity index (χ2n) is 5.07. The fraction of sp³-hybridized carbons (Fsp3) is 0.467. The molecule has 5 nitrogen and oxygen atoms in total. The van der Waals surface area contributed by atoms with Crippen LogP contribution in [0.3, 0.4) is 0 Å². The normalized spacial score (nSPS) is 14.3. The molecule has 1 aromatic carbocycles. The molecule has 2 N–H and O–H groups in total. The van der Waals surface area contributed by atoms with Crippen molar-refractivity contribution >= 4 is 11.8 Å². The maximum Gasteiger partial charge on any atom is 0.276 e. The van der Waals surface area contributed by atoms with E-state index in [1.165, 1.54) is 6.07 Å². The zero-order valence-electron chi connectivity index (χ0n) is 12.0. The van der Waals surface area contributed by atoms with Gasteiger partial charge in [0.2, 0.25) is 0 Å². The Bertz CT molecular complexity index is 474. The molecule has 0 amide bonds. The van der Waals surface area contributed by atoms with Crippen molar-refractivity contribution in [2.75, 3.05) is 13.2 Å². The van der Waals surface area contributed by atoms with Gasteiger partial charge in [0.1, 0.15) is 0 Å². The molecule has 0 bridgehead atoms. The molecule has 20 heavy (non-hydrogen) atoms. The van der Waals surface area contributed by atoms with Crippen LogP contribution >= 0.6 is 0 Å². The monoisotopic (exact) mass is 278 g/mol. The highest BCUT2D eigenvalue weighted by Crippen LogP contribution is 2.18. The molecule has 0 spiro atoms. The number of hydrogen-bond acceptors (Lipinski definition) is 4. The molecule has 0 aliphatic rings. The van der Waals surface area contributed by atoms with Crippen LogP contribution in [-0.2, 0) is 0 Å². The standard InChI is InChI=1S/C15H22N2O3/c1-3-10-15(2,12-18)16-11-6-8-13-7-4-5-9-14(13)17(19)20/h4-9,16,18H,3,10-12H2,1-2H3/b8-6+. The summed E-state index contributed by atoms with van der Waals surface area (Å²) in [6.45, 7) is 4.66. The molecule has 5 heteroatoms. The quantitative estimate of drug-likeness (QED) is 0.566. The average Bonchev–Trinajstić information content (AvgIpc) is 2.44. The number of benzene rings is 1. The summed E-state index contributed by atoms with van der Waals surface area (Å²) in [7, 11) is 0. The fourth-order valence-corrected chi connectivity index (χ4v) is 2.06. The number of para-hydroxylation sites is 1. The van der Waals surface area contributed by atoms with E-state index in [0.29, 0.717) is 12.1 Å². The lowest BCUT2D eigenvalue weighted by Crippen LogP contribution is -2.45. The summed E-state index contributed by atoms with van der Waals surface area (Å²) in [6, 6.07) is 6.63. The second-order valence-corrected chi connectivity index (χ2v) is 5.07. The Morgan fingerprint density at radius 3 is 2.75 bits per heavy atom. The first-order valence-electron chi connectivity index (χ1n) is 6.78. The summed E-state index contributed by atoms with van der Waals surface area (Å²) < 4.78 is 0. The van der Waals surface area contributed by atoms with Crippen molar-refractivity contribution in [1.29, 1.82) is 0 Å². The number of aliphatic hydroxyl groups is 1. The van der Waals surface area contributed by atoms with E-state index in [-0.39, 0.29) is 22.8 Å². The number of aliphatic hydroxyl groups excluding tert-OH is 1. The number of nitro benzene ring substituents is 1. The summed E-state index contributed by atoms with van der Waals surface area (Å²) in [5, 5.41) is 23.5. The fourth-order valence-electron chi connectivity index (χ4n) is 2.06. The lowest BCUT2D eigenvalue weighted by atomic mass is 9.97. The van der Waals surface area contributed by atoms with Crippen molar-refractivity contribution in [2.24, 2.45) is 0 Å². The van der Waals surface area contributed by atoms with Crippen molar-refractivity contribution < 1.29 is 10.0 Å². The average molecular weight is 278 g/mol. The lowest BCUT2D eigenvalue weighted by Gasteiger charge is -2.27. The molecule has 0 radical (unpaired) electrons.